The van der Waals surface area contributed by atoms with Crippen LogP contribution in [0.1, 0.15) is 20.7 Å². The number of halogens is 2. The molecule has 0 N–H and O–H groups in total. The minimum atomic E-state index is -0.657. The Kier molecular flexibility index (Phi) is 6.73. The van der Waals surface area contributed by atoms with Crippen LogP contribution in [-0.2, 0) is 9.53 Å². The first kappa shape index (κ1) is 19.1. The number of Topliss-reactive ketones (excluding diaryl/α,β-unsaturated/α-hetero) is 1. The van der Waals surface area contributed by atoms with Crippen molar-refractivity contribution < 1.29 is 19.1 Å². The summed E-state index contributed by atoms with van der Waals surface area (Å²) < 4.78 is 5.79. The quantitative estimate of drug-likeness (QED) is 0.525. The Labute approximate surface area is 158 Å². The van der Waals surface area contributed by atoms with Crippen molar-refractivity contribution in [3.8, 4) is 0 Å². The number of ether oxygens (including phenoxy) is 1. The molecule has 0 aliphatic rings. The van der Waals surface area contributed by atoms with Gasteiger partial charge in [0.25, 0.3) is 5.91 Å². The third-order valence-corrected chi connectivity index (χ3v) is 4.12. The number of carbonyl (C=O) groups excluding carboxylic acids is 3. The summed E-state index contributed by atoms with van der Waals surface area (Å²) in [6, 6.07) is 13.1. The lowest BCUT2D eigenvalue weighted by molar-refractivity contribution is -0.142. The summed E-state index contributed by atoms with van der Waals surface area (Å²) in [4.78, 5) is 37.2. The van der Waals surface area contributed by atoms with E-state index in [4.69, 9.17) is 16.3 Å². The van der Waals surface area contributed by atoms with Gasteiger partial charge in [-0.25, -0.2) is 0 Å². The Hall–Kier alpha value is -2.18. The van der Waals surface area contributed by atoms with Crippen LogP contribution in [0.15, 0.2) is 53.0 Å². The van der Waals surface area contributed by atoms with Crippen molar-refractivity contribution >= 4 is 45.2 Å². The van der Waals surface area contributed by atoms with Gasteiger partial charge in [0.15, 0.2) is 12.4 Å². The van der Waals surface area contributed by atoms with Crippen LogP contribution in [0.3, 0.4) is 0 Å². The minimum Gasteiger partial charge on any atom is -0.456 e. The fraction of sp³-hybridized carbons (Fsp3) is 0.167. The van der Waals surface area contributed by atoms with E-state index >= 15 is 0 Å². The highest BCUT2D eigenvalue weighted by molar-refractivity contribution is 9.10. The molecule has 2 aromatic carbocycles. The fourth-order valence-corrected chi connectivity index (χ4v) is 2.38. The highest BCUT2D eigenvalue weighted by Gasteiger charge is 2.17. The zero-order valence-electron chi connectivity index (χ0n) is 13.4. The molecular weight excluding hydrogens is 410 g/mol. The number of hydrogen-bond acceptors (Lipinski definition) is 4. The largest absolute Gasteiger partial charge is 0.456 e. The lowest BCUT2D eigenvalue weighted by atomic mass is 10.1. The van der Waals surface area contributed by atoms with Gasteiger partial charge in [-0.2, -0.15) is 0 Å². The lowest BCUT2D eigenvalue weighted by Crippen LogP contribution is -2.33. The standard InChI is InChI=1S/C18H15BrClNO4/c1-21(18(24)13-2-6-14(19)7-3-13)10-17(23)25-11-16(22)12-4-8-15(20)9-5-12/h2-9H,10-11H2,1H3. The summed E-state index contributed by atoms with van der Waals surface area (Å²) in [5.41, 5.74) is 0.854. The number of amides is 1. The van der Waals surface area contributed by atoms with Gasteiger partial charge in [0.2, 0.25) is 0 Å². The van der Waals surface area contributed by atoms with Crippen LogP contribution in [-0.4, -0.2) is 42.8 Å². The van der Waals surface area contributed by atoms with Gasteiger partial charge in [-0.1, -0.05) is 27.5 Å². The molecule has 0 aliphatic carbocycles. The second kappa shape index (κ2) is 8.78. The van der Waals surface area contributed by atoms with E-state index in [1.54, 1.807) is 48.5 Å². The number of nitrogens with zero attached hydrogens (tertiary/aromatic N) is 1. The summed E-state index contributed by atoms with van der Waals surface area (Å²) in [6.45, 7) is -0.635. The van der Waals surface area contributed by atoms with E-state index in [0.29, 0.717) is 16.1 Å². The Morgan fingerprint density at radius 3 is 2.16 bits per heavy atom. The molecule has 0 atom stereocenters. The highest BCUT2D eigenvalue weighted by atomic mass is 79.9. The van der Waals surface area contributed by atoms with Crippen molar-refractivity contribution in [3.63, 3.8) is 0 Å². The van der Waals surface area contributed by atoms with Crippen molar-refractivity contribution in [3.05, 3.63) is 69.2 Å². The average Bonchev–Trinajstić information content (AvgIpc) is 2.60. The van der Waals surface area contributed by atoms with Crippen molar-refractivity contribution in [1.82, 2.24) is 4.90 Å². The molecule has 0 saturated heterocycles. The Morgan fingerprint density at radius 1 is 1.00 bits per heavy atom. The van der Waals surface area contributed by atoms with Crippen LogP contribution in [0, 0.1) is 0 Å². The first-order chi connectivity index (χ1) is 11.9. The Morgan fingerprint density at radius 2 is 1.56 bits per heavy atom. The van der Waals surface area contributed by atoms with E-state index in [0.717, 1.165) is 4.47 Å². The molecule has 2 aromatic rings. The molecule has 0 fully saturated rings. The second-order valence-corrected chi connectivity index (χ2v) is 6.61. The topological polar surface area (TPSA) is 63.7 Å². The molecule has 0 aromatic heterocycles. The van der Waals surface area contributed by atoms with E-state index in [2.05, 4.69) is 15.9 Å². The summed E-state index contributed by atoms with van der Waals surface area (Å²) in [5, 5.41) is 0.515. The van der Waals surface area contributed by atoms with Crippen molar-refractivity contribution in [2.24, 2.45) is 0 Å². The molecule has 0 heterocycles. The van der Waals surface area contributed by atoms with Crippen molar-refractivity contribution in [1.29, 1.82) is 0 Å². The fourth-order valence-electron chi connectivity index (χ4n) is 1.99. The van der Waals surface area contributed by atoms with Gasteiger partial charge >= 0.3 is 5.97 Å². The normalized spacial score (nSPS) is 10.2. The van der Waals surface area contributed by atoms with Crippen LogP contribution in [0.5, 0.6) is 0 Å². The molecule has 25 heavy (non-hydrogen) atoms. The van der Waals surface area contributed by atoms with Crippen LogP contribution >= 0.6 is 27.5 Å². The van der Waals surface area contributed by atoms with Gasteiger partial charge in [-0.15, -0.1) is 0 Å². The first-order valence-electron chi connectivity index (χ1n) is 7.32. The number of esters is 1. The number of rotatable bonds is 6. The molecule has 0 radical (unpaired) electrons. The smallest absolute Gasteiger partial charge is 0.326 e. The van der Waals surface area contributed by atoms with Crippen LogP contribution < -0.4 is 0 Å². The molecule has 0 unspecified atom stereocenters. The molecule has 130 valence electrons. The third kappa shape index (κ3) is 5.69. The van der Waals surface area contributed by atoms with Gasteiger partial charge < -0.3 is 9.64 Å². The van der Waals surface area contributed by atoms with Crippen LogP contribution in [0.4, 0.5) is 0 Å². The van der Waals surface area contributed by atoms with Gasteiger partial charge in [-0.3, -0.25) is 14.4 Å². The van der Waals surface area contributed by atoms with E-state index in [-0.39, 0.29) is 24.8 Å². The van der Waals surface area contributed by atoms with Crippen LogP contribution in [0.2, 0.25) is 5.02 Å². The first-order valence-corrected chi connectivity index (χ1v) is 8.49. The second-order valence-electron chi connectivity index (χ2n) is 5.26. The maximum Gasteiger partial charge on any atom is 0.326 e. The number of benzene rings is 2. The summed E-state index contributed by atoms with van der Waals surface area (Å²) in [6.07, 6.45) is 0. The Balaban J connectivity index is 1.84. The third-order valence-electron chi connectivity index (χ3n) is 3.33. The predicted octanol–water partition coefficient (Wildman–Crippen LogP) is 3.60. The van der Waals surface area contributed by atoms with Crippen molar-refractivity contribution in [2.75, 3.05) is 20.2 Å². The van der Waals surface area contributed by atoms with E-state index < -0.39 is 5.97 Å². The molecule has 0 bridgehead atoms. The maximum absolute atomic E-state index is 12.2. The predicted molar refractivity (Wildman–Crippen MR) is 97.8 cm³/mol. The lowest BCUT2D eigenvalue weighted by Gasteiger charge is -2.16. The summed E-state index contributed by atoms with van der Waals surface area (Å²) in [7, 11) is 1.49. The molecule has 5 nitrogen and oxygen atoms in total. The molecular formula is C18H15BrClNO4. The number of ketones is 1. The molecule has 0 saturated carbocycles. The maximum atomic E-state index is 12.2. The monoisotopic (exact) mass is 423 g/mol. The van der Waals surface area contributed by atoms with Crippen LogP contribution in [0.25, 0.3) is 0 Å². The highest BCUT2D eigenvalue weighted by Crippen LogP contribution is 2.12. The van der Waals surface area contributed by atoms with E-state index in [1.165, 1.54) is 11.9 Å². The number of hydrogen-bond donors (Lipinski definition) is 0. The van der Waals surface area contributed by atoms with Crippen molar-refractivity contribution in [2.45, 2.75) is 0 Å². The van der Waals surface area contributed by atoms with Gasteiger partial charge in [-0.05, 0) is 48.5 Å². The SMILES string of the molecule is CN(CC(=O)OCC(=O)c1ccc(Cl)cc1)C(=O)c1ccc(Br)cc1. The van der Waals surface area contributed by atoms with Gasteiger partial charge in [0.1, 0.15) is 6.54 Å². The van der Waals surface area contributed by atoms with E-state index in [9.17, 15) is 14.4 Å². The van der Waals surface area contributed by atoms with Gasteiger partial charge in [0.05, 0.1) is 0 Å². The number of likely N-dealkylation sites (N-methyl/N-ethyl adjacent to an activating group) is 1. The molecule has 1 amide bonds. The molecule has 7 heteroatoms. The summed E-state index contributed by atoms with van der Waals surface area (Å²) >= 11 is 9.04. The zero-order valence-corrected chi connectivity index (χ0v) is 15.7. The average molecular weight is 425 g/mol. The van der Waals surface area contributed by atoms with Gasteiger partial charge in [0, 0.05) is 27.7 Å². The van der Waals surface area contributed by atoms with E-state index in [1.807, 2.05) is 0 Å². The minimum absolute atomic E-state index is 0.247. The molecule has 2 rings (SSSR count). The zero-order chi connectivity index (χ0) is 18.4. The summed E-state index contributed by atoms with van der Waals surface area (Å²) in [5.74, 6) is -1.31. The number of carbonyl (C=O) groups is 3. The molecule has 0 aliphatic heterocycles. The Bertz CT molecular complexity index is 775. The molecule has 0 spiro atoms.